The first-order valence-corrected chi connectivity index (χ1v) is 8.35. The molecule has 6 heteroatoms. The maximum absolute atomic E-state index is 12.1. The van der Waals surface area contributed by atoms with Crippen LogP contribution >= 0.6 is 11.6 Å². The van der Waals surface area contributed by atoms with Crippen LogP contribution in [0.15, 0.2) is 23.8 Å². The molecular formula is C18H21ClN2O3. The Morgan fingerprint density at radius 3 is 2.96 bits per heavy atom. The van der Waals surface area contributed by atoms with Gasteiger partial charge in [0.05, 0.1) is 17.2 Å². The van der Waals surface area contributed by atoms with E-state index in [0.717, 1.165) is 19.4 Å². The maximum atomic E-state index is 12.1. The summed E-state index contributed by atoms with van der Waals surface area (Å²) in [6.07, 6.45) is 3.50. The van der Waals surface area contributed by atoms with Crippen molar-refractivity contribution in [3.05, 3.63) is 34.4 Å². The fraction of sp³-hybridized carbons (Fsp3) is 0.444. The molecule has 1 fully saturated rings. The van der Waals surface area contributed by atoms with Crippen molar-refractivity contribution < 1.29 is 14.3 Å². The SMILES string of the molecule is CC(C)Oc1ccc(/C=C(/C#N)C(=O)NC[C@@H]2CCCO2)cc1Cl. The number of carbonyl (C=O) groups excluding carboxylic acids is 1. The van der Waals surface area contributed by atoms with Crippen molar-refractivity contribution in [3.8, 4) is 11.8 Å². The number of amides is 1. The van der Waals surface area contributed by atoms with E-state index in [1.807, 2.05) is 19.9 Å². The van der Waals surface area contributed by atoms with Gasteiger partial charge in [0.2, 0.25) is 0 Å². The van der Waals surface area contributed by atoms with Crippen molar-refractivity contribution in [1.82, 2.24) is 5.32 Å². The Hall–Kier alpha value is -2.03. The summed E-state index contributed by atoms with van der Waals surface area (Å²) in [6.45, 7) is 4.97. The molecule has 1 aliphatic heterocycles. The summed E-state index contributed by atoms with van der Waals surface area (Å²) in [5.41, 5.74) is 0.696. The standard InChI is InChI=1S/C18H21ClN2O3/c1-12(2)24-17-6-5-13(9-16(17)19)8-14(10-20)18(22)21-11-15-4-3-7-23-15/h5-6,8-9,12,15H,3-4,7,11H2,1-2H3,(H,21,22)/b14-8-/t15-/m0/s1. The summed E-state index contributed by atoms with van der Waals surface area (Å²) < 4.78 is 11.0. The number of nitrogens with zero attached hydrogens (tertiary/aromatic N) is 1. The molecule has 0 saturated carbocycles. The van der Waals surface area contributed by atoms with Crippen molar-refractivity contribution in [3.63, 3.8) is 0 Å². The van der Waals surface area contributed by atoms with Crippen LogP contribution in [0.2, 0.25) is 5.02 Å². The van der Waals surface area contributed by atoms with E-state index in [1.54, 1.807) is 18.2 Å². The van der Waals surface area contributed by atoms with Crippen LogP contribution in [0.1, 0.15) is 32.3 Å². The van der Waals surface area contributed by atoms with Crippen LogP contribution in [0, 0.1) is 11.3 Å². The average Bonchev–Trinajstić information content (AvgIpc) is 3.06. The number of benzene rings is 1. The van der Waals surface area contributed by atoms with E-state index in [9.17, 15) is 10.1 Å². The summed E-state index contributed by atoms with van der Waals surface area (Å²) >= 11 is 6.17. The second-order valence-corrected chi connectivity index (χ2v) is 6.28. The molecule has 24 heavy (non-hydrogen) atoms. The molecule has 0 bridgehead atoms. The Kier molecular flexibility index (Phi) is 6.65. The molecule has 1 aromatic carbocycles. The molecule has 0 aliphatic carbocycles. The Morgan fingerprint density at radius 2 is 2.38 bits per heavy atom. The third kappa shape index (κ3) is 5.26. The van der Waals surface area contributed by atoms with Crippen LogP contribution in [0.5, 0.6) is 5.75 Å². The van der Waals surface area contributed by atoms with E-state index in [4.69, 9.17) is 21.1 Å². The van der Waals surface area contributed by atoms with Crippen molar-refractivity contribution in [2.75, 3.05) is 13.2 Å². The zero-order chi connectivity index (χ0) is 17.5. The zero-order valence-electron chi connectivity index (χ0n) is 13.8. The van der Waals surface area contributed by atoms with Crippen molar-refractivity contribution in [2.45, 2.75) is 38.9 Å². The topological polar surface area (TPSA) is 71.3 Å². The van der Waals surface area contributed by atoms with Gasteiger partial charge in [0.25, 0.3) is 5.91 Å². The Labute approximate surface area is 147 Å². The summed E-state index contributed by atoms with van der Waals surface area (Å²) in [6, 6.07) is 7.08. The molecule has 5 nitrogen and oxygen atoms in total. The van der Waals surface area contributed by atoms with E-state index >= 15 is 0 Å². The van der Waals surface area contributed by atoms with E-state index in [1.165, 1.54) is 6.08 Å². The highest BCUT2D eigenvalue weighted by atomic mass is 35.5. The van der Waals surface area contributed by atoms with Gasteiger partial charge in [0.15, 0.2) is 0 Å². The number of hydrogen-bond donors (Lipinski definition) is 1. The second kappa shape index (κ2) is 8.72. The molecule has 1 saturated heterocycles. The molecular weight excluding hydrogens is 328 g/mol. The third-order valence-corrected chi connectivity index (χ3v) is 3.80. The summed E-state index contributed by atoms with van der Waals surface area (Å²) in [5.74, 6) is 0.164. The molecule has 0 aromatic heterocycles. The van der Waals surface area contributed by atoms with Gasteiger partial charge in [-0.1, -0.05) is 17.7 Å². The lowest BCUT2D eigenvalue weighted by Crippen LogP contribution is -2.32. The molecule has 1 heterocycles. The fourth-order valence-corrected chi connectivity index (χ4v) is 2.61. The maximum Gasteiger partial charge on any atom is 0.262 e. The summed E-state index contributed by atoms with van der Waals surface area (Å²) in [7, 11) is 0. The molecule has 0 unspecified atom stereocenters. The van der Waals surface area contributed by atoms with Crippen LogP contribution < -0.4 is 10.1 Å². The van der Waals surface area contributed by atoms with Gasteiger partial charge in [-0.05, 0) is 50.5 Å². The average molecular weight is 349 g/mol. The lowest BCUT2D eigenvalue weighted by Gasteiger charge is -2.12. The predicted molar refractivity (Wildman–Crippen MR) is 92.8 cm³/mol. The molecule has 1 aromatic rings. The first kappa shape index (κ1) is 18.3. The minimum absolute atomic E-state index is 0.0159. The number of hydrogen-bond acceptors (Lipinski definition) is 4. The van der Waals surface area contributed by atoms with Gasteiger partial charge in [-0.25, -0.2) is 0 Å². The molecule has 1 atom stereocenters. The predicted octanol–water partition coefficient (Wildman–Crippen LogP) is 3.33. The highest BCUT2D eigenvalue weighted by Gasteiger charge is 2.17. The highest BCUT2D eigenvalue weighted by molar-refractivity contribution is 6.32. The minimum atomic E-state index is -0.411. The highest BCUT2D eigenvalue weighted by Crippen LogP contribution is 2.27. The van der Waals surface area contributed by atoms with Crippen molar-refractivity contribution in [1.29, 1.82) is 5.26 Å². The molecule has 2 rings (SSSR count). The number of ether oxygens (including phenoxy) is 2. The van der Waals surface area contributed by atoms with E-state index in [0.29, 0.717) is 22.9 Å². The largest absolute Gasteiger partial charge is 0.489 e. The van der Waals surface area contributed by atoms with E-state index < -0.39 is 5.91 Å². The molecule has 0 spiro atoms. The van der Waals surface area contributed by atoms with Crippen LogP contribution in [-0.2, 0) is 9.53 Å². The monoisotopic (exact) mass is 348 g/mol. The Bertz CT molecular complexity index is 659. The summed E-state index contributed by atoms with van der Waals surface area (Å²) in [4.78, 5) is 12.1. The third-order valence-electron chi connectivity index (χ3n) is 3.51. The molecule has 1 aliphatic rings. The van der Waals surface area contributed by atoms with Crippen molar-refractivity contribution in [2.24, 2.45) is 0 Å². The number of rotatable bonds is 6. The van der Waals surface area contributed by atoms with Gasteiger partial charge < -0.3 is 14.8 Å². The van der Waals surface area contributed by atoms with Gasteiger partial charge in [-0.15, -0.1) is 0 Å². The molecule has 1 amide bonds. The zero-order valence-corrected chi connectivity index (χ0v) is 14.6. The van der Waals surface area contributed by atoms with Gasteiger partial charge in [0, 0.05) is 13.2 Å². The first-order chi connectivity index (χ1) is 11.5. The van der Waals surface area contributed by atoms with Crippen LogP contribution in [0.4, 0.5) is 0 Å². The van der Waals surface area contributed by atoms with E-state index in [-0.39, 0.29) is 17.8 Å². The smallest absolute Gasteiger partial charge is 0.262 e. The minimum Gasteiger partial charge on any atom is -0.489 e. The number of carbonyl (C=O) groups is 1. The van der Waals surface area contributed by atoms with Crippen LogP contribution in [0.3, 0.4) is 0 Å². The van der Waals surface area contributed by atoms with Gasteiger partial charge in [-0.2, -0.15) is 5.26 Å². The van der Waals surface area contributed by atoms with Crippen molar-refractivity contribution >= 4 is 23.6 Å². The Balaban J connectivity index is 2.04. The molecule has 0 radical (unpaired) electrons. The van der Waals surface area contributed by atoms with Gasteiger partial charge in [0.1, 0.15) is 17.4 Å². The lowest BCUT2D eigenvalue weighted by molar-refractivity contribution is -0.117. The second-order valence-electron chi connectivity index (χ2n) is 5.87. The Morgan fingerprint density at radius 1 is 1.58 bits per heavy atom. The van der Waals surface area contributed by atoms with Crippen LogP contribution in [0.25, 0.3) is 6.08 Å². The summed E-state index contributed by atoms with van der Waals surface area (Å²) in [5, 5.41) is 12.4. The van der Waals surface area contributed by atoms with Gasteiger partial charge >= 0.3 is 0 Å². The lowest BCUT2D eigenvalue weighted by atomic mass is 10.1. The normalized spacial score (nSPS) is 17.6. The first-order valence-electron chi connectivity index (χ1n) is 7.97. The fourth-order valence-electron chi connectivity index (χ4n) is 2.38. The number of halogens is 1. The molecule has 1 N–H and O–H groups in total. The van der Waals surface area contributed by atoms with E-state index in [2.05, 4.69) is 5.32 Å². The quantitative estimate of drug-likeness (QED) is 0.632. The van der Waals surface area contributed by atoms with Crippen LogP contribution in [-0.4, -0.2) is 31.3 Å². The number of nitriles is 1. The number of nitrogens with one attached hydrogen (secondary N) is 1. The molecule has 128 valence electrons. The van der Waals surface area contributed by atoms with Gasteiger partial charge in [-0.3, -0.25) is 4.79 Å².